The second-order valence-electron chi connectivity index (χ2n) is 8.35. The smallest absolute Gasteiger partial charge is 0.223 e. The molecule has 4 nitrogen and oxygen atoms in total. The Balaban J connectivity index is 1.68. The zero-order chi connectivity index (χ0) is 22.5. The van der Waals surface area contributed by atoms with E-state index in [1.54, 1.807) is 0 Å². The molecule has 1 aliphatic heterocycles. The third kappa shape index (κ3) is 8.36. The first kappa shape index (κ1) is 24.9. The molecule has 1 saturated heterocycles. The molecule has 0 radical (unpaired) electrons. The van der Waals surface area contributed by atoms with E-state index in [2.05, 4.69) is 73.0 Å². The van der Waals surface area contributed by atoms with Crippen molar-refractivity contribution in [2.75, 3.05) is 33.2 Å². The highest BCUT2D eigenvalue weighted by atomic mass is 16.1. The van der Waals surface area contributed by atoms with Crippen molar-refractivity contribution in [3.63, 3.8) is 0 Å². The summed E-state index contributed by atoms with van der Waals surface area (Å²) in [4.78, 5) is 14.4. The topological polar surface area (TPSA) is 44.4 Å². The van der Waals surface area contributed by atoms with Crippen LogP contribution in [0.1, 0.15) is 62.3 Å². The summed E-state index contributed by atoms with van der Waals surface area (Å²) in [5, 5.41) is 6.56. The van der Waals surface area contributed by atoms with Crippen LogP contribution in [-0.4, -0.2) is 44.0 Å². The van der Waals surface area contributed by atoms with E-state index in [0.29, 0.717) is 13.0 Å². The van der Waals surface area contributed by atoms with Crippen molar-refractivity contribution in [2.45, 2.75) is 52.0 Å². The number of carbonyl (C=O) groups is 1. The van der Waals surface area contributed by atoms with Crippen LogP contribution < -0.4 is 10.6 Å². The van der Waals surface area contributed by atoms with Gasteiger partial charge in [-0.25, -0.2) is 0 Å². The number of allylic oxidation sites excluding steroid dienone is 1. The number of nitrogens with one attached hydrogen (secondary N) is 2. The molecule has 0 spiro atoms. The number of aryl methyl sites for hydroxylation is 1. The van der Waals surface area contributed by atoms with Gasteiger partial charge in [0.15, 0.2) is 0 Å². The molecule has 1 unspecified atom stereocenters. The number of likely N-dealkylation sites (tertiary alicyclic amines) is 1. The van der Waals surface area contributed by atoms with Gasteiger partial charge in [0.1, 0.15) is 0 Å². The minimum absolute atomic E-state index is 0.168. The molecule has 0 saturated carbocycles. The van der Waals surface area contributed by atoms with Crippen LogP contribution in [0, 0.1) is 17.8 Å². The highest BCUT2D eigenvalue weighted by molar-refractivity contribution is 5.78. The first-order chi connectivity index (χ1) is 15.1. The third-order valence-electron chi connectivity index (χ3n) is 5.90. The normalized spacial score (nSPS) is 16.0. The highest BCUT2D eigenvalue weighted by Gasteiger charge is 2.22. The average Bonchev–Trinajstić information content (AvgIpc) is 2.78. The van der Waals surface area contributed by atoms with Crippen molar-refractivity contribution >= 4 is 12.0 Å². The van der Waals surface area contributed by atoms with Gasteiger partial charge in [-0.1, -0.05) is 62.1 Å². The molecule has 168 valence electrons. The van der Waals surface area contributed by atoms with Gasteiger partial charge in [0.2, 0.25) is 5.91 Å². The van der Waals surface area contributed by atoms with E-state index in [9.17, 15) is 4.79 Å². The second-order valence-corrected chi connectivity index (χ2v) is 8.35. The summed E-state index contributed by atoms with van der Waals surface area (Å²) in [5.74, 6) is 6.52. The minimum Gasteiger partial charge on any atom is -0.355 e. The molecule has 1 atom stereocenters. The standard InChI is InChI=1S/C27H39N3O/c1-5-13-23-14-12-15-26(25(23)6-2)22(3)28-18-10-8-7-9-11-19-29-27(31)24-16-20-30(4)21-17-24/h6,8,10,12,14-15,22,24,28H,2,5,11,13,16-21H2,1,3-4H3,(H,29,31)/b10-8+. The van der Waals surface area contributed by atoms with Crippen LogP contribution in [0.25, 0.3) is 6.08 Å². The maximum Gasteiger partial charge on any atom is 0.223 e. The van der Waals surface area contributed by atoms with E-state index in [1.165, 1.54) is 16.7 Å². The maximum atomic E-state index is 12.2. The summed E-state index contributed by atoms with van der Waals surface area (Å²) in [6, 6.07) is 6.76. The van der Waals surface area contributed by atoms with Gasteiger partial charge < -0.3 is 15.5 Å². The first-order valence-electron chi connectivity index (χ1n) is 11.6. The molecule has 0 aromatic heterocycles. The zero-order valence-electron chi connectivity index (χ0n) is 19.5. The molecular weight excluding hydrogens is 382 g/mol. The van der Waals surface area contributed by atoms with Crippen LogP contribution >= 0.6 is 0 Å². The van der Waals surface area contributed by atoms with Crippen LogP contribution in [0.4, 0.5) is 0 Å². The maximum absolute atomic E-state index is 12.2. The minimum atomic E-state index is 0.168. The van der Waals surface area contributed by atoms with Crippen molar-refractivity contribution in [1.82, 2.24) is 15.5 Å². The molecule has 1 aromatic rings. The highest BCUT2D eigenvalue weighted by Crippen LogP contribution is 2.23. The SMILES string of the molecule is C=Cc1c(CCC)cccc1C(C)NC/C=C/C#CCCNC(=O)C1CCN(C)CC1. The van der Waals surface area contributed by atoms with Crippen molar-refractivity contribution < 1.29 is 4.79 Å². The lowest BCUT2D eigenvalue weighted by atomic mass is 9.94. The molecule has 1 aliphatic rings. The van der Waals surface area contributed by atoms with Gasteiger partial charge in [0.25, 0.3) is 0 Å². The zero-order valence-corrected chi connectivity index (χ0v) is 19.5. The lowest BCUT2D eigenvalue weighted by Gasteiger charge is -2.27. The Hall–Kier alpha value is -2.35. The summed E-state index contributed by atoms with van der Waals surface area (Å²) in [6.07, 6.45) is 10.7. The van der Waals surface area contributed by atoms with Crippen molar-refractivity contribution in [2.24, 2.45) is 5.92 Å². The van der Waals surface area contributed by atoms with Crippen LogP contribution in [0.2, 0.25) is 0 Å². The van der Waals surface area contributed by atoms with Crippen LogP contribution in [0.3, 0.4) is 0 Å². The summed E-state index contributed by atoms with van der Waals surface area (Å²) in [5.41, 5.74) is 3.92. The fourth-order valence-electron chi connectivity index (χ4n) is 4.01. The van der Waals surface area contributed by atoms with Gasteiger partial charge >= 0.3 is 0 Å². The first-order valence-corrected chi connectivity index (χ1v) is 11.6. The molecule has 0 bridgehead atoms. The predicted octanol–water partition coefficient (Wildman–Crippen LogP) is 4.34. The fraction of sp³-hybridized carbons (Fsp3) is 0.519. The molecule has 1 aromatic carbocycles. The van der Waals surface area contributed by atoms with Crippen LogP contribution in [0.5, 0.6) is 0 Å². The number of benzene rings is 1. The molecule has 1 heterocycles. The Bertz CT molecular complexity index is 794. The number of amides is 1. The number of nitrogens with zero attached hydrogens (tertiary/aromatic N) is 1. The van der Waals surface area contributed by atoms with Gasteiger partial charge in [0.05, 0.1) is 0 Å². The van der Waals surface area contributed by atoms with E-state index < -0.39 is 0 Å². The summed E-state index contributed by atoms with van der Waals surface area (Å²) in [6.45, 7) is 11.8. The molecule has 4 heteroatoms. The Morgan fingerprint density at radius 3 is 2.84 bits per heavy atom. The van der Waals surface area contributed by atoms with Gasteiger partial charge in [-0.15, -0.1) is 0 Å². The lowest BCUT2D eigenvalue weighted by molar-refractivity contribution is -0.126. The Morgan fingerprint density at radius 1 is 1.35 bits per heavy atom. The van der Waals surface area contributed by atoms with Gasteiger partial charge in [-0.2, -0.15) is 0 Å². The molecule has 31 heavy (non-hydrogen) atoms. The van der Waals surface area contributed by atoms with E-state index in [1.807, 2.05) is 18.2 Å². The monoisotopic (exact) mass is 421 g/mol. The second kappa shape index (κ2) is 13.9. The quantitative estimate of drug-likeness (QED) is 0.436. The average molecular weight is 422 g/mol. The van der Waals surface area contributed by atoms with Crippen molar-refractivity contribution in [1.29, 1.82) is 0 Å². The number of hydrogen-bond acceptors (Lipinski definition) is 3. The van der Waals surface area contributed by atoms with E-state index >= 15 is 0 Å². The summed E-state index contributed by atoms with van der Waals surface area (Å²) < 4.78 is 0. The molecule has 2 rings (SSSR count). The largest absolute Gasteiger partial charge is 0.355 e. The molecular formula is C27H39N3O. The van der Waals surface area contributed by atoms with E-state index in [4.69, 9.17) is 0 Å². The number of piperidine rings is 1. The predicted molar refractivity (Wildman–Crippen MR) is 132 cm³/mol. The fourth-order valence-corrected chi connectivity index (χ4v) is 4.01. The Labute approximate surface area is 189 Å². The number of hydrogen-bond donors (Lipinski definition) is 2. The van der Waals surface area contributed by atoms with E-state index in [-0.39, 0.29) is 17.9 Å². The summed E-state index contributed by atoms with van der Waals surface area (Å²) >= 11 is 0. The summed E-state index contributed by atoms with van der Waals surface area (Å²) in [7, 11) is 2.11. The lowest BCUT2D eigenvalue weighted by Crippen LogP contribution is -2.39. The van der Waals surface area contributed by atoms with Gasteiger partial charge in [-0.05, 0) is 69.1 Å². The van der Waals surface area contributed by atoms with E-state index in [0.717, 1.165) is 45.3 Å². The molecule has 1 amide bonds. The van der Waals surface area contributed by atoms with Gasteiger partial charge in [-0.3, -0.25) is 4.79 Å². The third-order valence-corrected chi connectivity index (χ3v) is 5.90. The molecule has 1 fully saturated rings. The van der Waals surface area contributed by atoms with Gasteiger partial charge in [0, 0.05) is 31.5 Å². The Morgan fingerprint density at radius 2 is 2.13 bits per heavy atom. The van der Waals surface area contributed by atoms with Crippen molar-refractivity contribution in [3.05, 3.63) is 53.6 Å². The van der Waals surface area contributed by atoms with Crippen molar-refractivity contribution in [3.8, 4) is 11.8 Å². The number of carbonyl (C=O) groups excluding carboxylic acids is 1. The molecule has 2 N–H and O–H groups in total. The van der Waals surface area contributed by atoms with Crippen LogP contribution in [-0.2, 0) is 11.2 Å². The Kier molecular flexibility index (Phi) is 11.1. The number of rotatable bonds is 10. The molecule has 0 aliphatic carbocycles. The van der Waals surface area contributed by atoms with Crippen LogP contribution in [0.15, 0.2) is 36.9 Å².